The van der Waals surface area contributed by atoms with Crippen LogP contribution in [-0.2, 0) is 0 Å². The Morgan fingerprint density at radius 1 is 1.18 bits per heavy atom. The van der Waals surface area contributed by atoms with Gasteiger partial charge in [-0.25, -0.2) is 4.68 Å². The van der Waals surface area contributed by atoms with E-state index in [2.05, 4.69) is 25.9 Å². The van der Waals surface area contributed by atoms with Gasteiger partial charge in [-0.05, 0) is 54.6 Å². The second-order valence-electron chi connectivity index (χ2n) is 5.01. The molecule has 0 aliphatic carbocycles. The molecule has 112 valence electrons. The van der Waals surface area contributed by atoms with E-state index in [1.807, 2.05) is 26.0 Å². The summed E-state index contributed by atoms with van der Waals surface area (Å²) in [7, 11) is 0. The molecule has 0 fully saturated rings. The fourth-order valence-corrected chi connectivity index (χ4v) is 2.08. The van der Waals surface area contributed by atoms with Crippen molar-refractivity contribution in [3.8, 4) is 5.69 Å². The number of carbonyl (C=O) groups is 1. The van der Waals surface area contributed by atoms with Gasteiger partial charge in [-0.15, -0.1) is 5.10 Å². The van der Waals surface area contributed by atoms with Gasteiger partial charge < -0.3 is 5.32 Å². The molecule has 22 heavy (non-hydrogen) atoms. The Labute approximate surface area is 126 Å². The molecule has 1 aromatic carbocycles. The molecule has 0 atom stereocenters. The average molecular weight is 297 g/mol. The molecule has 0 spiro atoms. The monoisotopic (exact) mass is 297 g/mol. The minimum atomic E-state index is -0.193. The Morgan fingerprint density at radius 3 is 2.59 bits per heavy atom. The number of hydrogen-bond acceptors (Lipinski definition) is 5. The van der Waals surface area contributed by atoms with Crippen molar-refractivity contribution in [2.24, 2.45) is 0 Å². The number of hydrogen-bond donors (Lipinski definition) is 1. The lowest BCUT2D eigenvalue weighted by atomic mass is 10.2. The summed E-state index contributed by atoms with van der Waals surface area (Å²) in [4.78, 5) is 12.3. The number of nitrogens with zero attached hydrogens (tertiary/aromatic N) is 6. The molecule has 0 saturated carbocycles. The fourth-order valence-electron chi connectivity index (χ4n) is 2.08. The maximum Gasteiger partial charge on any atom is 0.273 e. The lowest BCUT2D eigenvalue weighted by Crippen LogP contribution is -2.18. The molecule has 8 heteroatoms. The highest BCUT2D eigenvalue weighted by Gasteiger charge is 2.14. The van der Waals surface area contributed by atoms with Crippen molar-refractivity contribution in [3.05, 3.63) is 48.5 Å². The summed E-state index contributed by atoms with van der Waals surface area (Å²) < 4.78 is 3.23. The topological polar surface area (TPSA) is 90.5 Å². The molecule has 0 unspecified atom stereocenters. The van der Waals surface area contributed by atoms with Crippen LogP contribution in [0.4, 0.5) is 5.69 Å². The van der Waals surface area contributed by atoms with Crippen molar-refractivity contribution in [1.82, 2.24) is 30.0 Å². The Bertz CT molecular complexity index is 759. The molecule has 3 rings (SSSR count). The minimum Gasteiger partial charge on any atom is -0.321 e. The molecule has 0 saturated heterocycles. The Kier molecular flexibility index (Phi) is 3.65. The van der Waals surface area contributed by atoms with Crippen molar-refractivity contribution in [2.45, 2.75) is 19.9 Å². The van der Waals surface area contributed by atoms with E-state index in [0.717, 1.165) is 5.69 Å². The number of aromatic nitrogens is 6. The lowest BCUT2D eigenvalue weighted by Gasteiger charge is -2.11. The van der Waals surface area contributed by atoms with E-state index in [4.69, 9.17) is 0 Å². The van der Waals surface area contributed by atoms with Gasteiger partial charge in [0.05, 0.1) is 5.69 Å². The van der Waals surface area contributed by atoms with Crippen LogP contribution in [0.25, 0.3) is 5.69 Å². The number of nitrogens with one attached hydrogen (secondary N) is 1. The highest BCUT2D eigenvalue weighted by molar-refractivity contribution is 6.03. The predicted molar refractivity (Wildman–Crippen MR) is 79.7 cm³/mol. The third-order valence-electron chi connectivity index (χ3n) is 3.13. The van der Waals surface area contributed by atoms with Gasteiger partial charge in [-0.2, -0.15) is 5.10 Å². The molecule has 2 aromatic heterocycles. The number of tetrazole rings is 1. The van der Waals surface area contributed by atoms with E-state index in [0.29, 0.717) is 11.4 Å². The van der Waals surface area contributed by atoms with E-state index in [1.54, 1.807) is 33.8 Å². The Hall–Kier alpha value is -3.03. The van der Waals surface area contributed by atoms with Crippen molar-refractivity contribution in [1.29, 1.82) is 0 Å². The highest BCUT2D eigenvalue weighted by atomic mass is 16.2. The number of amides is 1. The molecular formula is C14H15N7O. The van der Waals surface area contributed by atoms with Gasteiger partial charge >= 0.3 is 0 Å². The minimum absolute atomic E-state index is 0.123. The number of carbonyl (C=O) groups excluding carboxylic acids is 1. The molecule has 0 aliphatic rings. The van der Waals surface area contributed by atoms with Gasteiger partial charge in [0.1, 0.15) is 12.0 Å². The van der Waals surface area contributed by atoms with Crippen LogP contribution in [0.1, 0.15) is 30.4 Å². The summed E-state index contributed by atoms with van der Waals surface area (Å²) in [5.41, 5.74) is 2.04. The van der Waals surface area contributed by atoms with Gasteiger partial charge in [0.15, 0.2) is 0 Å². The first-order valence-corrected chi connectivity index (χ1v) is 6.83. The van der Waals surface area contributed by atoms with Crippen LogP contribution in [0.3, 0.4) is 0 Å². The summed E-state index contributed by atoms with van der Waals surface area (Å²) in [5, 5.41) is 18.0. The highest BCUT2D eigenvalue weighted by Crippen LogP contribution is 2.14. The quantitative estimate of drug-likeness (QED) is 0.791. The third kappa shape index (κ3) is 2.71. The maximum absolute atomic E-state index is 12.3. The number of rotatable bonds is 4. The van der Waals surface area contributed by atoms with E-state index < -0.39 is 0 Å². The summed E-state index contributed by atoms with van der Waals surface area (Å²) in [6.07, 6.45) is 3.13. The van der Waals surface area contributed by atoms with E-state index in [1.165, 1.54) is 6.33 Å². The molecule has 1 amide bonds. The first-order valence-electron chi connectivity index (χ1n) is 6.83. The molecule has 3 aromatic rings. The molecule has 2 heterocycles. The first kappa shape index (κ1) is 13.9. The average Bonchev–Trinajstić information content (AvgIpc) is 3.19. The zero-order valence-electron chi connectivity index (χ0n) is 12.2. The van der Waals surface area contributed by atoms with Crippen LogP contribution in [0.15, 0.2) is 42.9 Å². The van der Waals surface area contributed by atoms with Gasteiger partial charge in [-0.1, -0.05) is 0 Å². The summed E-state index contributed by atoms with van der Waals surface area (Å²) in [6.45, 7) is 3.95. The van der Waals surface area contributed by atoms with Gasteiger partial charge in [0.2, 0.25) is 0 Å². The van der Waals surface area contributed by atoms with Crippen molar-refractivity contribution in [3.63, 3.8) is 0 Å². The summed E-state index contributed by atoms with van der Waals surface area (Å²) in [6, 6.07) is 9.07. The smallest absolute Gasteiger partial charge is 0.273 e. The molecule has 0 radical (unpaired) electrons. The van der Waals surface area contributed by atoms with E-state index >= 15 is 0 Å². The number of anilines is 1. The van der Waals surface area contributed by atoms with E-state index in [-0.39, 0.29) is 11.9 Å². The SMILES string of the molecule is CC(C)n1nccc1C(=O)Nc1ccc(-n2cnnn2)cc1. The van der Waals surface area contributed by atoms with Gasteiger partial charge in [0, 0.05) is 17.9 Å². The van der Waals surface area contributed by atoms with Crippen LogP contribution >= 0.6 is 0 Å². The van der Waals surface area contributed by atoms with Crippen LogP contribution in [0.5, 0.6) is 0 Å². The summed E-state index contributed by atoms with van der Waals surface area (Å²) in [5.74, 6) is -0.193. The Morgan fingerprint density at radius 2 is 1.95 bits per heavy atom. The second kappa shape index (κ2) is 5.76. The van der Waals surface area contributed by atoms with Crippen LogP contribution in [0, 0.1) is 0 Å². The standard InChI is InChI=1S/C14H15N7O/c1-10(2)21-13(7-8-16-21)14(22)17-11-3-5-12(6-4-11)20-9-15-18-19-20/h3-10H,1-2H3,(H,17,22). The summed E-state index contributed by atoms with van der Waals surface area (Å²) >= 11 is 0. The van der Waals surface area contributed by atoms with Crippen molar-refractivity contribution in [2.75, 3.05) is 5.32 Å². The maximum atomic E-state index is 12.3. The largest absolute Gasteiger partial charge is 0.321 e. The molecule has 1 N–H and O–H groups in total. The lowest BCUT2D eigenvalue weighted by molar-refractivity contribution is 0.101. The van der Waals surface area contributed by atoms with Crippen LogP contribution < -0.4 is 5.32 Å². The third-order valence-corrected chi connectivity index (χ3v) is 3.13. The first-order chi connectivity index (χ1) is 10.6. The van der Waals surface area contributed by atoms with E-state index in [9.17, 15) is 4.79 Å². The normalized spacial score (nSPS) is 10.9. The molecule has 0 aliphatic heterocycles. The molecule has 0 bridgehead atoms. The van der Waals surface area contributed by atoms with Gasteiger partial charge in [0.25, 0.3) is 5.91 Å². The second-order valence-corrected chi connectivity index (χ2v) is 5.01. The van der Waals surface area contributed by atoms with Crippen molar-refractivity contribution < 1.29 is 4.79 Å². The zero-order valence-corrected chi connectivity index (χ0v) is 12.2. The predicted octanol–water partition coefficient (Wildman–Crippen LogP) is 1.69. The van der Waals surface area contributed by atoms with Crippen molar-refractivity contribution >= 4 is 11.6 Å². The van der Waals surface area contributed by atoms with Gasteiger partial charge in [-0.3, -0.25) is 9.48 Å². The van der Waals surface area contributed by atoms with Crippen LogP contribution in [0.2, 0.25) is 0 Å². The van der Waals surface area contributed by atoms with Crippen LogP contribution in [-0.4, -0.2) is 35.9 Å². The molecular weight excluding hydrogens is 282 g/mol. The Balaban J connectivity index is 1.75. The number of benzene rings is 1. The molecule has 8 nitrogen and oxygen atoms in total. The fraction of sp³-hybridized carbons (Fsp3) is 0.214. The zero-order chi connectivity index (χ0) is 15.5.